The van der Waals surface area contributed by atoms with Crippen molar-refractivity contribution in [2.24, 2.45) is 5.92 Å². The van der Waals surface area contributed by atoms with Gasteiger partial charge in [-0.15, -0.1) is 0 Å². The van der Waals surface area contributed by atoms with Crippen LogP contribution in [0, 0.1) is 5.92 Å². The van der Waals surface area contributed by atoms with E-state index in [4.69, 9.17) is 0 Å². The van der Waals surface area contributed by atoms with Gasteiger partial charge in [0.2, 0.25) is 0 Å². The van der Waals surface area contributed by atoms with Gasteiger partial charge in [0, 0.05) is 0 Å². The van der Waals surface area contributed by atoms with Crippen LogP contribution in [0.5, 0.6) is 0 Å². The van der Waals surface area contributed by atoms with Gasteiger partial charge in [0.1, 0.15) is 0 Å². The summed E-state index contributed by atoms with van der Waals surface area (Å²) in [5, 5.41) is 12.3. The third kappa shape index (κ3) is 2.14. The highest BCUT2D eigenvalue weighted by Crippen LogP contribution is 2.39. The highest BCUT2D eigenvalue weighted by Gasteiger charge is 2.54. The molecule has 1 heterocycles. The average Bonchev–Trinajstić information content (AvgIpc) is 2.04. The Balaban J connectivity index is 2.67. The number of aliphatic hydroxyl groups is 1. The molecule has 0 aliphatic carbocycles. The number of nitrogens with one attached hydrogen (secondary N) is 1. The first-order valence-electron chi connectivity index (χ1n) is 4.35. The van der Waals surface area contributed by atoms with Crippen molar-refractivity contribution in [3.63, 3.8) is 0 Å². The van der Waals surface area contributed by atoms with Crippen LogP contribution in [0.1, 0.15) is 19.8 Å². The Kier molecular flexibility index (Phi) is 2.87. The maximum Gasteiger partial charge on any atom is 0.417 e. The molecule has 78 valence electrons. The third-order valence-electron chi connectivity index (χ3n) is 2.71. The maximum atomic E-state index is 12.3. The van der Waals surface area contributed by atoms with Crippen LogP contribution in [0.15, 0.2) is 0 Å². The van der Waals surface area contributed by atoms with E-state index in [0.717, 1.165) is 6.92 Å². The lowest BCUT2D eigenvalue weighted by molar-refractivity contribution is -0.274. The molecule has 1 atom stereocenters. The summed E-state index contributed by atoms with van der Waals surface area (Å²) in [5.41, 5.74) is -2.53. The van der Waals surface area contributed by atoms with E-state index < -0.39 is 17.7 Å². The van der Waals surface area contributed by atoms with Crippen molar-refractivity contribution in [2.45, 2.75) is 31.5 Å². The molecule has 0 saturated carbocycles. The Bertz CT molecular complexity index is 173. The number of hydrogen-bond donors (Lipinski definition) is 2. The average molecular weight is 197 g/mol. The van der Waals surface area contributed by atoms with Crippen molar-refractivity contribution in [3.8, 4) is 0 Å². The summed E-state index contributed by atoms with van der Waals surface area (Å²) >= 11 is 0. The van der Waals surface area contributed by atoms with Crippen molar-refractivity contribution >= 4 is 0 Å². The third-order valence-corrected chi connectivity index (χ3v) is 2.71. The summed E-state index contributed by atoms with van der Waals surface area (Å²) in [7, 11) is 0. The summed E-state index contributed by atoms with van der Waals surface area (Å²) in [5.74, 6) is -0.672. The molecule has 5 heteroatoms. The summed E-state index contributed by atoms with van der Waals surface area (Å²) in [6, 6.07) is 0. The van der Waals surface area contributed by atoms with Gasteiger partial charge in [-0.3, -0.25) is 0 Å². The van der Waals surface area contributed by atoms with Crippen molar-refractivity contribution in [2.75, 3.05) is 13.1 Å². The molecule has 13 heavy (non-hydrogen) atoms. The van der Waals surface area contributed by atoms with E-state index >= 15 is 0 Å². The molecule has 2 N–H and O–H groups in total. The lowest BCUT2D eigenvalue weighted by Crippen LogP contribution is -2.51. The van der Waals surface area contributed by atoms with E-state index in [-0.39, 0.29) is 0 Å². The first-order chi connectivity index (χ1) is 5.86. The monoisotopic (exact) mass is 197 g/mol. The standard InChI is InChI=1S/C8H14F3NO/c1-7(13,8(9,10)11)6-2-4-12-5-3-6/h6,12-13H,2-5H2,1H3. The maximum absolute atomic E-state index is 12.3. The number of hydrogen-bond acceptors (Lipinski definition) is 2. The van der Waals surface area contributed by atoms with Gasteiger partial charge in [0.15, 0.2) is 5.60 Å². The number of halogens is 3. The molecule has 2 nitrogen and oxygen atoms in total. The molecule has 1 unspecified atom stereocenters. The summed E-state index contributed by atoms with van der Waals surface area (Å²) in [4.78, 5) is 0. The predicted octanol–water partition coefficient (Wildman–Crippen LogP) is 1.30. The topological polar surface area (TPSA) is 32.3 Å². The van der Waals surface area contributed by atoms with Gasteiger partial charge >= 0.3 is 6.18 Å². The molecule has 0 aromatic heterocycles. The normalized spacial score (nSPS) is 25.6. The minimum absolute atomic E-state index is 0.381. The van der Waals surface area contributed by atoms with Gasteiger partial charge in [0.25, 0.3) is 0 Å². The molecule has 0 amide bonds. The van der Waals surface area contributed by atoms with Gasteiger partial charge < -0.3 is 10.4 Å². The first-order valence-corrected chi connectivity index (χ1v) is 4.35. The van der Waals surface area contributed by atoms with E-state index in [0.29, 0.717) is 25.9 Å². The molecule has 1 rings (SSSR count). The van der Waals surface area contributed by atoms with Gasteiger partial charge in [-0.25, -0.2) is 0 Å². The van der Waals surface area contributed by atoms with Crippen LogP contribution in [0.25, 0.3) is 0 Å². The second kappa shape index (κ2) is 3.46. The Labute approximate surface area is 75.1 Å². The van der Waals surface area contributed by atoms with Crippen molar-refractivity contribution in [1.82, 2.24) is 5.32 Å². The van der Waals surface area contributed by atoms with Crippen LogP contribution in [0.4, 0.5) is 13.2 Å². The van der Waals surface area contributed by atoms with Crippen molar-refractivity contribution in [1.29, 1.82) is 0 Å². The van der Waals surface area contributed by atoms with Crippen LogP contribution in [0.2, 0.25) is 0 Å². The zero-order chi connectivity index (χ0) is 10.1. The van der Waals surface area contributed by atoms with E-state index in [1.165, 1.54) is 0 Å². The Morgan fingerprint density at radius 3 is 2.08 bits per heavy atom. The van der Waals surface area contributed by atoms with Crippen molar-refractivity contribution < 1.29 is 18.3 Å². The van der Waals surface area contributed by atoms with E-state index in [2.05, 4.69) is 5.32 Å². The highest BCUT2D eigenvalue weighted by atomic mass is 19.4. The zero-order valence-corrected chi connectivity index (χ0v) is 7.49. The van der Waals surface area contributed by atoms with Gasteiger partial charge in [-0.2, -0.15) is 13.2 Å². The lowest BCUT2D eigenvalue weighted by atomic mass is 9.82. The van der Waals surface area contributed by atoms with Gasteiger partial charge in [-0.1, -0.05) is 0 Å². The second-order valence-electron chi connectivity index (χ2n) is 3.67. The SMILES string of the molecule is CC(O)(C1CCNCC1)C(F)(F)F. The van der Waals surface area contributed by atoms with E-state index in [1.807, 2.05) is 0 Å². The quantitative estimate of drug-likeness (QED) is 0.664. The molecule has 1 aliphatic heterocycles. The fraction of sp³-hybridized carbons (Fsp3) is 1.00. The van der Waals surface area contributed by atoms with Crippen LogP contribution in [0.3, 0.4) is 0 Å². The Hall–Kier alpha value is -0.290. The van der Waals surface area contributed by atoms with Gasteiger partial charge in [-0.05, 0) is 38.8 Å². The van der Waals surface area contributed by atoms with Crippen LogP contribution in [-0.2, 0) is 0 Å². The molecular formula is C8H14F3NO. The number of rotatable bonds is 1. The van der Waals surface area contributed by atoms with Crippen LogP contribution < -0.4 is 5.32 Å². The molecule has 0 radical (unpaired) electrons. The van der Waals surface area contributed by atoms with Crippen LogP contribution in [-0.4, -0.2) is 30.0 Å². The zero-order valence-electron chi connectivity index (χ0n) is 7.49. The van der Waals surface area contributed by atoms with Gasteiger partial charge in [0.05, 0.1) is 0 Å². The summed E-state index contributed by atoms with van der Waals surface area (Å²) in [6.45, 7) is 1.97. The fourth-order valence-electron chi connectivity index (χ4n) is 1.62. The molecule has 1 aliphatic rings. The molecule has 0 spiro atoms. The molecule has 0 bridgehead atoms. The minimum Gasteiger partial charge on any atom is -0.380 e. The summed E-state index contributed by atoms with van der Waals surface area (Å²) < 4.78 is 37.0. The largest absolute Gasteiger partial charge is 0.417 e. The first kappa shape index (κ1) is 10.8. The highest BCUT2D eigenvalue weighted by molar-refractivity contribution is 4.91. The predicted molar refractivity (Wildman–Crippen MR) is 42.3 cm³/mol. The summed E-state index contributed by atoms with van der Waals surface area (Å²) in [6.07, 6.45) is -3.76. The Morgan fingerprint density at radius 2 is 1.69 bits per heavy atom. The minimum atomic E-state index is -4.52. The fourth-order valence-corrected chi connectivity index (χ4v) is 1.62. The smallest absolute Gasteiger partial charge is 0.380 e. The Morgan fingerprint density at radius 1 is 1.23 bits per heavy atom. The molecular weight excluding hydrogens is 183 g/mol. The molecule has 0 aromatic rings. The van der Waals surface area contributed by atoms with E-state index in [9.17, 15) is 18.3 Å². The number of piperidine rings is 1. The van der Waals surface area contributed by atoms with Crippen molar-refractivity contribution in [3.05, 3.63) is 0 Å². The molecule has 1 saturated heterocycles. The lowest BCUT2D eigenvalue weighted by Gasteiger charge is -2.37. The number of alkyl halides is 3. The van der Waals surface area contributed by atoms with E-state index in [1.54, 1.807) is 0 Å². The molecule has 0 aromatic carbocycles. The second-order valence-corrected chi connectivity index (χ2v) is 3.67. The molecule has 1 fully saturated rings. The van der Waals surface area contributed by atoms with Crippen LogP contribution >= 0.6 is 0 Å².